The summed E-state index contributed by atoms with van der Waals surface area (Å²) in [5.41, 5.74) is 6.62. The maximum atomic E-state index is 11.9. The number of para-hydroxylation sites is 1. The molecule has 0 unspecified atom stereocenters. The first-order valence-corrected chi connectivity index (χ1v) is 7.73. The summed E-state index contributed by atoms with van der Waals surface area (Å²) in [6.45, 7) is 3.78. The van der Waals surface area contributed by atoms with Crippen LogP contribution < -0.4 is 16.4 Å². The Labute approximate surface area is 152 Å². The number of nitrogens with one attached hydrogen (secondary N) is 2. The minimum atomic E-state index is -0.626. The van der Waals surface area contributed by atoms with Crippen LogP contribution in [0.25, 0.3) is 5.69 Å². The smallest absolute Gasteiger partial charge is 0.239 e. The van der Waals surface area contributed by atoms with Crippen LogP contribution >= 0.6 is 12.4 Å². The Bertz CT molecular complexity index is 689. The number of hydrogen-bond donors (Lipinski definition) is 3. The highest BCUT2D eigenvalue weighted by molar-refractivity contribution is 5.87. The number of carbonyl (C=O) groups excluding carboxylic acids is 2. The van der Waals surface area contributed by atoms with Gasteiger partial charge in [-0.15, -0.1) is 22.6 Å². The Morgan fingerprint density at radius 3 is 2.52 bits per heavy atom. The predicted molar refractivity (Wildman–Crippen MR) is 96.3 cm³/mol. The molecule has 0 aliphatic heterocycles. The van der Waals surface area contributed by atoms with Gasteiger partial charge in [0.05, 0.1) is 19.1 Å². The summed E-state index contributed by atoms with van der Waals surface area (Å²) in [6.07, 6.45) is 1.58. The molecule has 0 fully saturated rings. The molecule has 8 nitrogen and oxygen atoms in total. The van der Waals surface area contributed by atoms with Crippen LogP contribution in [0.15, 0.2) is 36.7 Å². The van der Waals surface area contributed by atoms with Gasteiger partial charge in [0.25, 0.3) is 0 Å². The molecule has 0 saturated heterocycles. The number of carbonyl (C=O) groups is 2. The summed E-state index contributed by atoms with van der Waals surface area (Å²) < 4.78 is 1.79. The van der Waals surface area contributed by atoms with E-state index in [2.05, 4.69) is 20.8 Å². The summed E-state index contributed by atoms with van der Waals surface area (Å²) in [5.74, 6) is -0.0493. The van der Waals surface area contributed by atoms with Crippen LogP contribution in [0, 0.1) is 5.92 Å². The second kappa shape index (κ2) is 9.75. The third kappa shape index (κ3) is 5.84. The van der Waals surface area contributed by atoms with Gasteiger partial charge in [-0.05, 0) is 18.1 Å². The molecule has 2 aromatic rings. The van der Waals surface area contributed by atoms with Crippen molar-refractivity contribution in [3.8, 4) is 5.69 Å². The molecule has 2 amide bonds. The minimum Gasteiger partial charge on any atom is -0.347 e. The third-order valence-corrected chi connectivity index (χ3v) is 3.54. The molecule has 1 atom stereocenters. The number of hydrogen-bond acceptors (Lipinski definition) is 5. The standard InChI is InChI=1S/C16H22N6O2.ClH/c1-11(2)15(17)16(24)19-9-14(23)18-8-13-21-20-10-22(13)12-6-4-3-5-7-12;/h3-7,10-11,15H,8-9,17H2,1-2H3,(H,18,23)(H,19,24);1H/t15-;/m0./s1. The summed E-state index contributed by atoms with van der Waals surface area (Å²) in [7, 11) is 0. The van der Waals surface area contributed by atoms with Crippen molar-refractivity contribution in [2.75, 3.05) is 6.54 Å². The van der Waals surface area contributed by atoms with Gasteiger partial charge in [-0.1, -0.05) is 32.0 Å². The lowest BCUT2D eigenvalue weighted by molar-refractivity contribution is -0.127. The molecule has 1 aromatic heterocycles. The highest BCUT2D eigenvalue weighted by atomic mass is 35.5. The van der Waals surface area contributed by atoms with Gasteiger partial charge in [0.15, 0.2) is 5.82 Å². The van der Waals surface area contributed by atoms with E-state index in [4.69, 9.17) is 5.73 Å². The first kappa shape index (κ1) is 20.6. The second-order valence-corrected chi connectivity index (χ2v) is 5.72. The van der Waals surface area contributed by atoms with E-state index in [0.717, 1.165) is 5.69 Å². The molecule has 0 aliphatic rings. The summed E-state index contributed by atoms with van der Waals surface area (Å²) >= 11 is 0. The molecular formula is C16H23ClN6O2. The largest absolute Gasteiger partial charge is 0.347 e. The summed E-state index contributed by atoms with van der Waals surface area (Å²) in [4.78, 5) is 23.6. The molecule has 4 N–H and O–H groups in total. The van der Waals surface area contributed by atoms with Crippen molar-refractivity contribution in [2.24, 2.45) is 11.7 Å². The Morgan fingerprint density at radius 2 is 1.88 bits per heavy atom. The van der Waals surface area contributed by atoms with E-state index >= 15 is 0 Å². The number of benzene rings is 1. The Balaban J connectivity index is 0.00000312. The monoisotopic (exact) mass is 366 g/mol. The van der Waals surface area contributed by atoms with E-state index in [-0.39, 0.29) is 43.2 Å². The lowest BCUT2D eigenvalue weighted by Crippen LogP contribution is -2.47. The number of nitrogens with zero attached hydrogens (tertiary/aromatic N) is 3. The van der Waals surface area contributed by atoms with E-state index < -0.39 is 6.04 Å². The molecule has 0 saturated carbocycles. The van der Waals surface area contributed by atoms with Gasteiger partial charge in [-0.25, -0.2) is 0 Å². The van der Waals surface area contributed by atoms with Crippen LogP contribution in [-0.4, -0.2) is 39.2 Å². The molecule has 1 aromatic carbocycles. The van der Waals surface area contributed by atoms with Crippen molar-refractivity contribution < 1.29 is 9.59 Å². The van der Waals surface area contributed by atoms with Crippen LogP contribution in [0.4, 0.5) is 0 Å². The number of amides is 2. The molecule has 0 bridgehead atoms. The minimum absolute atomic E-state index is 0. The number of aromatic nitrogens is 3. The van der Waals surface area contributed by atoms with Crippen molar-refractivity contribution in [1.29, 1.82) is 0 Å². The van der Waals surface area contributed by atoms with Gasteiger partial charge in [0, 0.05) is 5.69 Å². The van der Waals surface area contributed by atoms with Crippen molar-refractivity contribution in [3.63, 3.8) is 0 Å². The van der Waals surface area contributed by atoms with Crippen molar-refractivity contribution >= 4 is 24.2 Å². The maximum Gasteiger partial charge on any atom is 0.239 e. The molecule has 0 aliphatic carbocycles. The summed E-state index contributed by atoms with van der Waals surface area (Å²) in [6, 6.07) is 8.94. The van der Waals surface area contributed by atoms with Crippen LogP contribution in [-0.2, 0) is 16.1 Å². The van der Waals surface area contributed by atoms with E-state index in [0.29, 0.717) is 5.82 Å². The molecule has 0 spiro atoms. The van der Waals surface area contributed by atoms with Gasteiger partial charge in [0.2, 0.25) is 11.8 Å². The molecular weight excluding hydrogens is 344 g/mol. The van der Waals surface area contributed by atoms with Gasteiger partial charge in [-0.2, -0.15) is 0 Å². The zero-order chi connectivity index (χ0) is 17.5. The van der Waals surface area contributed by atoms with Crippen LogP contribution in [0.1, 0.15) is 19.7 Å². The van der Waals surface area contributed by atoms with Crippen molar-refractivity contribution in [1.82, 2.24) is 25.4 Å². The fourth-order valence-electron chi connectivity index (χ4n) is 2.01. The first-order valence-electron chi connectivity index (χ1n) is 7.73. The molecule has 136 valence electrons. The van der Waals surface area contributed by atoms with Crippen molar-refractivity contribution in [2.45, 2.75) is 26.4 Å². The van der Waals surface area contributed by atoms with Gasteiger partial charge in [0.1, 0.15) is 6.33 Å². The van der Waals surface area contributed by atoms with Crippen LogP contribution in [0.3, 0.4) is 0 Å². The highest BCUT2D eigenvalue weighted by Gasteiger charge is 2.17. The SMILES string of the molecule is CC(C)[C@H](N)C(=O)NCC(=O)NCc1nncn1-c1ccccc1.Cl. The molecule has 9 heteroatoms. The van der Waals surface area contributed by atoms with E-state index in [9.17, 15) is 9.59 Å². The number of halogens is 1. The predicted octanol–water partition coefficient (Wildman–Crippen LogP) is 0.405. The summed E-state index contributed by atoms with van der Waals surface area (Å²) in [5, 5.41) is 13.1. The maximum absolute atomic E-state index is 11.9. The van der Waals surface area contributed by atoms with Gasteiger partial charge in [-0.3, -0.25) is 14.2 Å². The van der Waals surface area contributed by atoms with E-state index in [1.807, 2.05) is 44.2 Å². The average molecular weight is 367 g/mol. The molecule has 0 radical (unpaired) electrons. The molecule has 25 heavy (non-hydrogen) atoms. The normalized spacial score (nSPS) is 11.5. The zero-order valence-electron chi connectivity index (χ0n) is 14.2. The highest BCUT2D eigenvalue weighted by Crippen LogP contribution is 2.08. The van der Waals surface area contributed by atoms with Crippen molar-refractivity contribution in [3.05, 3.63) is 42.5 Å². The molecule has 1 heterocycles. The zero-order valence-corrected chi connectivity index (χ0v) is 15.0. The average Bonchev–Trinajstić information content (AvgIpc) is 3.06. The van der Waals surface area contributed by atoms with Crippen LogP contribution in [0.5, 0.6) is 0 Å². The fraction of sp³-hybridized carbons (Fsp3) is 0.375. The lowest BCUT2D eigenvalue weighted by Gasteiger charge is -2.15. The van der Waals surface area contributed by atoms with Gasteiger partial charge >= 0.3 is 0 Å². The van der Waals surface area contributed by atoms with E-state index in [1.54, 1.807) is 10.9 Å². The number of rotatable bonds is 7. The Hall–Kier alpha value is -2.45. The quantitative estimate of drug-likeness (QED) is 0.656. The number of nitrogens with two attached hydrogens (primary N) is 1. The third-order valence-electron chi connectivity index (χ3n) is 3.54. The second-order valence-electron chi connectivity index (χ2n) is 5.72. The fourth-order valence-corrected chi connectivity index (χ4v) is 2.01. The first-order chi connectivity index (χ1) is 11.5. The Morgan fingerprint density at radius 1 is 1.20 bits per heavy atom. The van der Waals surface area contributed by atoms with Gasteiger partial charge < -0.3 is 16.4 Å². The Kier molecular flexibility index (Phi) is 8.03. The molecule has 2 rings (SSSR count). The van der Waals surface area contributed by atoms with Crippen LogP contribution in [0.2, 0.25) is 0 Å². The lowest BCUT2D eigenvalue weighted by atomic mass is 10.1. The van der Waals surface area contributed by atoms with E-state index in [1.165, 1.54) is 0 Å². The topological polar surface area (TPSA) is 115 Å².